The molecule has 0 aliphatic heterocycles. The first-order valence-electron chi connectivity index (χ1n) is 4.87. The van der Waals surface area contributed by atoms with Gasteiger partial charge in [0.2, 0.25) is 0 Å². The number of rotatable bonds is 4. The number of hydrogen-bond acceptors (Lipinski definition) is 4. The maximum atomic E-state index is 10.8. The molecule has 1 aromatic heterocycles. The van der Waals surface area contributed by atoms with Crippen molar-refractivity contribution in [3.05, 3.63) is 53.6 Å². The van der Waals surface area contributed by atoms with Crippen molar-refractivity contribution in [2.75, 3.05) is 0 Å². The predicted octanol–water partition coefficient (Wildman–Crippen LogP) is 4.76. The molecule has 1 aromatic carbocycles. The zero-order chi connectivity index (χ0) is 13.1. The van der Waals surface area contributed by atoms with Crippen molar-refractivity contribution in [3.63, 3.8) is 0 Å². The number of nitro groups is 1. The standard InChI is InChI=1S/C11H7Br2NO3S/c12-7-4-5-18-10(7)6-17-9-3-1-2-8(11(9)13)14(15)16/h1-5H,6H2. The third-order valence-electron chi connectivity index (χ3n) is 2.19. The summed E-state index contributed by atoms with van der Waals surface area (Å²) in [6.07, 6.45) is 0. The Bertz CT molecular complexity index is 585. The van der Waals surface area contributed by atoms with Crippen molar-refractivity contribution in [2.24, 2.45) is 0 Å². The Morgan fingerprint density at radius 1 is 1.33 bits per heavy atom. The molecule has 2 rings (SSSR count). The number of ether oxygens (including phenoxy) is 1. The number of benzene rings is 1. The lowest BCUT2D eigenvalue weighted by Gasteiger charge is -2.07. The van der Waals surface area contributed by atoms with E-state index < -0.39 is 4.92 Å². The maximum absolute atomic E-state index is 10.8. The summed E-state index contributed by atoms with van der Waals surface area (Å²) in [5.74, 6) is 0.463. The second-order valence-corrected chi connectivity index (χ2v) is 5.97. The zero-order valence-electron chi connectivity index (χ0n) is 8.93. The van der Waals surface area contributed by atoms with Gasteiger partial charge in [-0.15, -0.1) is 11.3 Å². The molecule has 4 nitrogen and oxygen atoms in total. The van der Waals surface area contributed by atoms with Gasteiger partial charge in [0.25, 0.3) is 5.69 Å². The van der Waals surface area contributed by atoms with Gasteiger partial charge in [0.05, 0.1) is 9.80 Å². The lowest BCUT2D eigenvalue weighted by molar-refractivity contribution is -0.385. The molecule has 0 amide bonds. The van der Waals surface area contributed by atoms with Crippen LogP contribution in [0.5, 0.6) is 5.75 Å². The molecule has 0 aliphatic carbocycles. The lowest BCUT2D eigenvalue weighted by atomic mass is 10.3. The minimum absolute atomic E-state index is 0.00209. The molecule has 0 bridgehead atoms. The molecule has 0 aliphatic rings. The van der Waals surface area contributed by atoms with E-state index in [0.29, 0.717) is 16.8 Å². The van der Waals surface area contributed by atoms with Crippen LogP contribution in [0, 0.1) is 10.1 Å². The van der Waals surface area contributed by atoms with Crippen LogP contribution in [0.4, 0.5) is 5.69 Å². The van der Waals surface area contributed by atoms with E-state index in [1.807, 2.05) is 11.4 Å². The summed E-state index contributed by atoms with van der Waals surface area (Å²) < 4.78 is 6.93. The molecule has 94 valence electrons. The molecule has 0 saturated carbocycles. The minimum atomic E-state index is -0.446. The van der Waals surface area contributed by atoms with Crippen molar-refractivity contribution in [1.82, 2.24) is 0 Å². The fraction of sp³-hybridized carbons (Fsp3) is 0.0909. The monoisotopic (exact) mass is 391 g/mol. The van der Waals surface area contributed by atoms with Gasteiger partial charge in [0.1, 0.15) is 16.8 Å². The summed E-state index contributed by atoms with van der Waals surface area (Å²) in [5.41, 5.74) is -0.00209. The molecule has 2 aromatic rings. The van der Waals surface area contributed by atoms with Gasteiger partial charge in [-0.1, -0.05) is 6.07 Å². The normalized spacial score (nSPS) is 10.3. The van der Waals surface area contributed by atoms with Crippen molar-refractivity contribution >= 4 is 48.9 Å². The summed E-state index contributed by atoms with van der Waals surface area (Å²) in [7, 11) is 0. The van der Waals surface area contributed by atoms with Gasteiger partial charge in [-0.25, -0.2) is 0 Å². The molecule has 1 heterocycles. The molecule has 0 spiro atoms. The van der Waals surface area contributed by atoms with Crippen LogP contribution >= 0.6 is 43.2 Å². The third kappa shape index (κ3) is 2.90. The zero-order valence-corrected chi connectivity index (χ0v) is 12.9. The highest BCUT2D eigenvalue weighted by Gasteiger charge is 2.16. The first-order valence-corrected chi connectivity index (χ1v) is 7.33. The van der Waals surface area contributed by atoms with E-state index in [1.165, 1.54) is 6.07 Å². The van der Waals surface area contributed by atoms with Gasteiger partial charge in [-0.05, 0) is 49.4 Å². The Balaban J connectivity index is 2.17. The van der Waals surface area contributed by atoms with Gasteiger partial charge in [0.15, 0.2) is 0 Å². The molecule has 0 fully saturated rings. The number of nitro benzene ring substituents is 1. The van der Waals surface area contributed by atoms with E-state index in [1.54, 1.807) is 23.5 Å². The third-order valence-corrected chi connectivity index (χ3v) is 4.89. The molecule has 0 unspecified atom stereocenters. The highest BCUT2D eigenvalue weighted by Crippen LogP contribution is 2.35. The maximum Gasteiger partial charge on any atom is 0.287 e. The molecule has 0 N–H and O–H groups in total. The first-order chi connectivity index (χ1) is 8.59. The highest BCUT2D eigenvalue weighted by atomic mass is 79.9. The predicted molar refractivity (Wildman–Crippen MR) is 77.1 cm³/mol. The van der Waals surface area contributed by atoms with Crippen LogP contribution in [-0.2, 0) is 6.61 Å². The number of halogens is 2. The van der Waals surface area contributed by atoms with Gasteiger partial charge in [-0.2, -0.15) is 0 Å². The Kier molecular flexibility index (Phi) is 4.36. The van der Waals surface area contributed by atoms with Crippen LogP contribution < -0.4 is 4.74 Å². The van der Waals surface area contributed by atoms with Crippen LogP contribution in [0.3, 0.4) is 0 Å². The molecule has 7 heteroatoms. The Hall–Kier alpha value is -0.920. The SMILES string of the molecule is O=[N+]([O-])c1cccc(OCc2sccc2Br)c1Br. The van der Waals surface area contributed by atoms with Crippen molar-refractivity contribution in [3.8, 4) is 5.75 Å². The summed E-state index contributed by atoms with van der Waals surface area (Å²) in [5, 5.41) is 12.7. The summed E-state index contributed by atoms with van der Waals surface area (Å²) in [6, 6.07) is 6.66. The molecule has 0 atom stereocenters. The largest absolute Gasteiger partial charge is 0.487 e. The summed E-state index contributed by atoms with van der Waals surface area (Å²) >= 11 is 8.16. The average molecular weight is 393 g/mol. The number of thiophene rings is 1. The molecule has 0 radical (unpaired) electrons. The van der Waals surface area contributed by atoms with Crippen LogP contribution in [-0.4, -0.2) is 4.92 Å². The lowest BCUT2D eigenvalue weighted by Crippen LogP contribution is -1.96. The molecule has 18 heavy (non-hydrogen) atoms. The van der Waals surface area contributed by atoms with E-state index in [2.05, 4.69) is 31.9 Å². The number of hydrogen-bond donors (Lipinski definition) is 0. The van der Waals surface area contributed by atoms with Crippen LogP contribution in [0.1, 0.15) is 4.88 Å². The first kappa shape index (κ1) is 13.5. The quantitative estimate of drug-likeness (QED) is 0.556. The Morgan fingerprint density at radius 3 is 2.72 bits per heavy atom. The Morgan fingerprint density at radius 2 is 2.11 bits per heavy atom. The summed E-state index contributed by atoms with van der Waals surface area (Å²) in [6.45, 7) is 0.373. The second kappa shape index (κ2) is 5.81. The number of nitrogens with zero attached hydrogens (tertiary/aromatic N) is 1. The van der Waals surface area contributed by atoms with Crippen molar-refractivity contribution in [2.45, 2.75) is 6.61 Å². The van der Waals surface area contributed by atoms with Gasteiger partial charge < -0.3 is 4.74 Å². The van der Waals surface area contributed by atoms with Crippen LogP contribution in [0.15, 0.2) is 38.6 Å². The topological polar surface area (TPSA) is 52.4 Å². The van der Waals surface area contributed by atoms with E-state index in [4.69, 9.17) is 4.74 Å². The minimum Gasteiger partial charge on any atom is -0.487 e. The van der Waals surface area contributed by atoms with E-state index in [0.717, 1.165) is 9.35 Å². The van der Waals surface area contributed by atoms with E-state index in [9.17, 15) is 10.1 Å². The van der Waals surface area contributed by atoms with Crippen molar-refractivity contribution in [1.29, 1.82) is 0 Å². The van der Waals surface area contributed by atoms with Crippen molar-refractivity contribution < 1.29 is 9.66 Å². The van der Waals surface area contributed by atoms with E-state index in [-0.39, 0.29) is 5.69 Å². The van der Waals surface area contributed by atoms with Crippen LogP contribution in [0.25, 0.3) is 0 Å². The molecular weight excluding hydrogens is 386 g/mol. The smallest absolute Gasteiger partial charge is 0.287 e. The fourth-order valence-corrected chi connectivity index (χ4v) is 3.22. The van der Waals surface area contributed by atoms with Gasteiger partial charge in [0, 0.05) is 10.5 Å². The van der Waals surface area contributed by atoms with Crippen LogP contribution in [0.2, 0.25) is 0 Å². The van der Waals surface area contributed by atoms with Gasteiger partial charge >= 0.3 is 0 Å². The van der Waals surface area contributed by atoms with Gasteiger partial charge in [-0.3, -0.25) is 10.1 Å². The fourth-order valence-electron chi connectivity index (χ4n) is 1.32. The molecule has 0 saturated heterocycles. The second-order valence-electron chi connectivity index (χ2n) is 3.33. The average Bonchev–Trinajstić information content (AvgIpc) is 2.73. The Labute approximate surface area is 124 Å². The molecular formula is C11H7Br2NO3S. The highest BCUT2D eigenvalue weighted by molar-refractivity contribution is 9.11. The summed E-state index contributed by atoms with van der Waals surface area (Å²) in [4.78, 5) is 11.4. The van der Waals surface area contributed by atoms with E-state index >= 15 is 0 Å².